The summed E-state index contributed by atoms with van der Waals surface area (Å²) in [6, 6.07) is 11.7. The first-order valence-corrected chi connectivity index (χ1v) is 11.2. The highest BCUT2D eigenvalue weighted by Gasteiger charge is 2.25. The number of rotatable bonds is 3. The van der Waals surface area contributed by atoms with Crippen LogP contribution in [0.5, 0.6) is 0 Å². The summed E-state index contributed by atoms with van der Waals surface area (Å²) in [7, 11) is -3.94. The highest BCUT2D eigenvalue weighted by atomic mass is 79.9. The van der Waals surface area contributed by atoms with E-state index in [0.717, 1.165) is 37.3 Å². The van der Waals surface area contributed by atoms with Gasteiger partial charge in [0.1, 0.15) is 11.0 Å². The summed E-state index contributed by atoms with van der Waals surface area (Å²) in [5.74, 6) is 0. The van der Waals surface area contributed by atoms with Crippen molar-refractivity contribution >= 4 is 54.1 Å². The van der Waals surface area contributed by atoms with Crippen molar-refractivity contribution in [2.24, 2.45) is 0 Å². The van der Waals surface area contributed by atoms with Gasteiger partial charge in [-0.3, -0.25) is 0 Å². The molecule has 0 radical (unpaired) electrons. The van der Waals surface area contributed by atoms with Crippen molar-refractivity contribution in [3.63, 3.8) is 0 Å². The van der Waals surface area contributed by atoms with Crippen LogP contribution in [0.15, 0.2) is 52.0 Å². The lowest BCUT2D eigenvalue weighted by Crippen LogP contribution is -2.43. The Morgan fingerprint density at radius 1 is 1.14 bits per heavy atom. The zero-order chi connectivity index (χ0) is 19.9. The molecule has 0 atom stereocenters. The number of fused-ring (bicyclic) bond motifs is 1. The molecule has 0 saturated carbocycles. The summed E-state index contributed by atoms with van der Waals surface area (Å²) in [4.78, 5) is 2.13. The van der Waals surface area contributed by atoms with Crippen LogP contribution in [0, 0.1) is 11.3 Å². The maximum Gasteiger partial charge on any atom is 0.269 e. The maximum absolute atomic E-state index is 13.3. The lowest BCUT2D eigenvalue weighted by molar-refractivity contribution is 0.588. The normalized spacial score (nSPS) is 15.0. The van der Waals surface area contributed by atoms with E-state index in [1.807, 2.05) is 6.07 Å². The molecule has 144 valence electrons. The number of anilines is 1. The molecule has 0 bridgehead atoms. The van der Waals surface area contributed by atoms with Crippen LogP contribution in [0.4, 0.5) is 5.69 Å². The molecule has 1 N–H and O–H groups in total. The summed E-state index contributed by atoms with van der Waals surface area (Å²) >= 11 is 9.75. The van der Waals surface area contributed by atoms with Gasteiger partial charge in [0.2, 0.25) is 0 Å². The number of nitrogens with one attached hydrogen (secondary N) is 1. The van der Waals surface area contributed by atoms with Crippen molar-refractivity contribution in [3.05, 3.63) is 57.7 Å². The summed E-state index contributed by atoms with van der Waals surface area (Å²) < 4.78 is 28.5. The molecule has 0 amide bonds. The lowest BCUT2D eigenvalue weighted by Gasteiger charge is -2.30. The Labute approximate surface area is 176 Å². The van der Waals surface area contributed by atoms with Crippen molar-refractivity contribution < 1.29 is 8.42 Å². The second kappa shape index (κ2) is 7.41. The Kier molecular flexibility index (Phi) is 5.10. The number of aromatic nitrogens is 1. The second-order valence-corrected chi connectivity index (χ2v) is 9.54. The molecule has 28 heavy (non-hydrogen) atoms. The fourth-order valence-corrected chi connectivity index (χ4v) is 5.61. The number of nitrogens with zero attached hydrogens (tertiary/aromatic N) is 3. The van der Waals surface area contributed by atoms with Crippen LogP contribution >= 0.6 is 27.5 Å². The molecular weight excluding hydrogens is 464 g/mol. The van der Waals surface area contributed by atoms with Crippen molar-refractivity contribution in [2.75, 3.05) is 31.1 Å². The number of nitriles is 1. The van der Waals surface area contributed by atoms with E-state index in [1.165, 1.54) is 22.3 Å². The van der Waals surface area contributed by atoms with E-state index >= 15 is 0 Å². The molecule has 1 aliphatic heterocycles. The minimum Gasteiger partial charge on any atom is -0.367 e. The van der Waals surface area contributed by atoms with Crippen LogP contribution in [0.3, 0.4) is 0 Å². The van der Waals surface area contributed by atoms with E-state index in [4.69, 9.17) is 11.6 Å². The van der Waals surface area contributed by atoms with E-state index in [-0.39, 0.29) is 10.5 Å². The van der Waals surface area contributed by atoms with Gasteiger partial charge in [0.25, 0.3) is 10.0 Å². The third kappa shape index (κ3) is 3.18. The molecule has 0 unspecified atom stereocenters. The highest BCUT2D eigenvalue weighted by Crippen LogP contribution is 2.36. The maximum atomic E-state index is 13.3. The highest BCUT2D eigenvalue weighted by molar-refractivity contribution is 9.10. The standard InChI is InChI=1S/C19H16BrClN4O2S/c20-14-1-4-18(13(11-14)12-22)28(26,27)25-8-5-15-17(25)3-2-16(21)19(15)24-9-6-23-7-10-24/h1-5,8,11,23H,6-7,9-10H2. The summed E-state index contributed by atoms with van der Waals surface area (Å²) in [6.07, 6.45) is 1.52. The van der Waals surface area contributed by atoms with Crippen LogP contribution < -0.4 is 10.2 Å². The molecule has 9 heteroatoms. The molecular formula is C19H16BrClN4O2S. The molecule has 1 aliphatic rings. The first kappa shape index (κ1) is 19.3. The predicted octanol–water partition coefficient (Wildman–Crippen LogP) is 3.58. The Morgan fingerprint density at radius 3 is 2.61 bits per heavy atom. The van der Waals surface area contributed by atoms with Crippen molar-refractivity contribution in [2.45, 2.75) is 4.90 Å². The zero-order valence-electron chi connectivity index (χ0n) is 14.7. The van der Waals surface area contributed by atoms with Gasteiger partial charge in [-0.2, -0.15) is 5.26 Å². The van der Waals surface area contributed by atoms with Gasteiger partial charge in [-0.1, -0.05) is 27.5 Å². The lowest BCUT2D eigenvalue weighted by atomic mass is 10.2. The van der Waals surface area contributed by atoms with Crippen LogP contribution in [-0.2, 0) is 10.0 Å². The van der Waals surface area contributed by atoms with Crippen molar-refractivity contribution in [3.8, 4) is 6.07 Å². The largest absolute Gasteiger partial charge is 0.367 e. The molecule has 3 aromatic rings. The minimum atomic E-state index is -3.94. The molecule has 1 saturated heterocycles. The quantitative estimate of drug-likeness (QED) is 0.621. The van der Waals surface area contributed by atoms with E-state index < -0.39 is 10.0 Å². The van der Waals surface area contributed by atoms with Gasteiger partial charge in [0.15, 0.2) is 0 Å². The first-order chi connectivity index (χ1) is 13.4. The van der Waals surface area contributed by atoms with Gasteiger partial charge < -0.3 is 10.2 Å². The Morgan fingerprint density at radius 2 is 1.89 bits per heavy atom. The van der Waals surface area contributed by atoms with Gasteiger partial charge >= 0.3 is 0 Å². The number of halogens is 2. The Bertz CT molecular complexity index is 1210. The van der Waals surface area contributed by atoms with Gasteiger partial charge in [0.05, 0.1) is 21.8 Å². The number of piperazine rings is 1. The number of benzene rings is 2. The third-order valence-electron chi connectivity index (χ3n) is 4.79. The van der Waals surface area contributed by atoms with E-state index in [1.54, 1.807) is 24.3 Å². The van der Waals surface area contributed by atoms with E-state index in [0.29, 0.717) is 15.0 Å². The molecule has 4 rings (SSSR count). The summed E-state index contributed by atoms with van der Waals surface area (Å²) in [5.41, 5.74) is 1.46. The smallest absolute Gasteiger partial charge is 0.269 e. The van der Waals surface area contributed by atoms with Crippen LogP contribution in [0.25, 0.3) is 10.9 Å². The monoisotopic (exact) mass is 478 g/mol. The molecule has 2 heterocycles. The van der Waals surface area contributed by atoms with E-state index in [2.05, 4.69) is 26.1 Å². The molecule has 1 aromatic heterocycles. The van der Waals surface area contributed by atoms with Crippen LogP contribution in [0.2, 0.25) is 5.02 Å². The molecule has 1 fully saturated rings. The summed E-state index contributed by atoms with van der Waals surface area (Å²) in [6.45, 7) is 3.27. The van der Waals surface area contributed by atoms with Gasteiger partial charge in [0, 0.05) is 42.2 Å². The van der Waals surface area contributed by atoms with Gasteiger partial charge in [-0.25, -0.2) is 12.4 Å². The molecule has 2 aromatic carbocycles. The van der Waals surface area contributed by atoms with Gasteiger partial charge in [-0.05, 0) is 36.4 Å². The van der Waals surface area contributed by atoms with Crippen molar-refractivity contribution in [1.82, 2.24) is 9.29 Å². The second-order valence-electron chi connectivity index (χ2n) is 6.43. The predicted molar refractivity (Wildman–Crippen MR) is 113 cm³/mol. The van der Waals surface area contributed by atoms with E-state index in [9.17, 15) is 13.7 Å². The topological polar surface area (TPSA) is 78.1 Å². The average molecular weight is 480 g/mol. The van der Waals surface area contributed by atoms with Crippen molar-refractivity contribution in [1.29, 1.82) is 5.26 Å². The Hall–Kier alpha value is -2.05. The fraction of sp³-hybridized carbons (Fsp3) is 0.211. The van der Waals surface area contributed by atoms with Crippen LogP contribution in [-0.4, -0.2) is 38.6 Å². The number of hydrogen-bond acceptors (Lipinski definition) is 5. The average Bonchev–Trinajstić information content (AvgIpc) is 3.13. The first-order valence-electron chi connectivity index (χ1n) is 8.64. The van der Waals surface area contributed by atoms with Gasteiger partial charge in [-0.15, -0.1) is 0 Å². The molecule has 0 spiro atoms. The summed E-state index contributed by atoms with van der Waals surface area (Å²) in [5, 5.41) is 14.1. The minimum absolute atomic E-state index is 0.0330. The SMILES string of the molecule is N#Cc1cc(Br)ccc1S(=O)(=O)n1ccc2c(N3CCNCC3)c(Cl)ccc21. The number of hydrogen-bond donors (Lipinski definition) is 1. The fourth-order valence-electron chi connectivity index (χ4n) is 3.49. The Balaban J connectivity index is 1.90. The molecule has 0 aliphatic carbocycles. The zero-order valence-corrected chi connectivity index (χ0v) is 17.9. The van der Waals surface area contributed by atoms with Crippen LogP contribution in [0.1, 0.15) is 5.56 Å². The molecule has 6 nitrogen and oxygen atoms in total. The third-order valence-corrected chi connectivity index (χ3v) is 7.34.